The summed E-state index contributed by atoms with van der Waals surface area (Å²) in [6.07, 6.45) is 7.06. The number of nitrogens with one attached hydrogen (secondary N) is 4. The standard InChI is InChI=1S/C30H36N4O3.C21H24BrNO3.C15H24BN3O2/c1-18(2)27-16-23-14-22(26(35)7-6-24-19(3)13-20(4)33-30(24)36)15-25(29(23)37-27)21-5-8-28(32-17-21)34-11-9-31-10-12-34;1-11(2)19-10-15-8-14(9-17(22)20(15)26-19)18(24)6-5-16-12(3)7-13(4)23-21(16)25;1-14(2)15(3,4)21-16(20-14)12-5-6-13(18-11-12)19-9-7-17-8-10-19/h5,8,13-15,17-18,27,31H,6-7,9-12,16H2,1-4H3,(H,33,36);7-9,11,19H,5-6,10H2,1-4H3,(H,23,25);5-6,11,17H,7-10H2,1-4H3. The highest BCUT2D eigenvalue weighted by atomic mass is 79.9. The van der Waals surface area contributed by atoms with Crippen LogP contribution in [0, 0.1) is 39.5 Å². The summed E-state index contributed by atoms with van der Waals surface area (Å²) in [6, 6.07) is 19.9. The molecule has 0 saturated carbocycles. The van der Waals surface area contributed by atoms with E-state index in [9.17, 15) is 19.2 Å². The molecule has 3 fully saturated rings. The molecule has 5 aliphatic heterocycles. The van der Waals surface area contributed by atoms with Gasteiger partial charge in [-0.15, -0.1) is 0 Å². The maximum atomic E-state index is 13.4. The molecule has 2 atom stereocenters. The van der Waals surface area contributed by atoms with Crippen molar-refractivity contribution in [1.82, 2.24) is 30.6 Å². The third kappa shape index (κ3) is 14.4. The summed E-state index contributed by atoms with van der Waals surface area (Å²) in [4.78, 5) is 70.2. The average Bonchev–Trinajstić information content (AvgIpc) is 4.33. The first-order chi connectivity index (χ1) is 39.9. The van der Waals surface area contributed by atoms with Crippen LogP contribution < -0.4 is 46.5 Å². The lowest BCUT2D eigenvalue weighted by molar-refractivity contribution is 0.00578. The van der Waals surface area contributed by atoms with Gasteiger partial charge in [-0.3, -0.25) is 19.2 Å². The van der Waals surface area contributed by atoms with Crippen LogP contribution in [0.2, 0.25) is 0 Å². The zero-order chi connectivity index (χ0) is 60.2. The molecule has 9 heterocycles. The molecular weight excluding hydrogens is 1120 g/mol. The lowest BCUT2D eigenvalue weighted by atomic mass is 9.80. The van der Waals surface area contributed by atoms with E-state index in [2.05, 4.69) is 131 Å². The Balaban J connectivity index is 0.000000158. The molecule has 0 aliphatic carbocycles. The molecule has 0 spiro atoms. The predicted octanol–water partition coefficient (Wildman–Crippen LogP) is 9.56. The van der Waals surface area contributed by atoms with Crippen molar-refractivity contribution in [3.8, 4) is 22.6 Å². The number of carbonyl (C=O) groups is 2. The molecule has 0 amide bonds. The number of aromatic nitrogens is 4. The molecule has 5 aliphatic rings. The Morgan fingerprint density at radius 1 is 0.631 bits per heavy atom. The summed E-state index contributed by atoms with van der Waals surface area (Å²) in [5.41, 5.74) is 10.4. The van der Waals surface area contributed by atoms with E-state index in [0.29, 0.717) is 53.4 Å². The molecule has 16 nitrogen and oxygen atoms in total. The third-order valence-corrected chi connectivity index (χ3v) is 17.8. The molecule has 11 rings (SSSR count). The summed E-state index contributed by atoms with van der Waals surface area (Å²) in [6.45, 7) is 32.2. The minimum atomic E-state index is -0.334. The van der Waals surface area contributed by atoms with E-state index in [1.807, 2.05) is 76.5 Å². The number of anilines is 2. The van der Waals surface area contributed by atoms with Crippen molar-refractivity contribution >= 4 is 51.7 Å². The number of piperazine rings is 2. The van der Waals surface area contributed by atoms with Gasteiger partial charge in [0.25, 0.3) is 11.1 Å². The van der Waals surface area contributed by atoms with Gasteiger partial charge in [0.05, 0.1) is 15.7 Å². The predicted molar refractivity (Wildman–Crippen MR) is 338 cm³/mol. The van der Waals surface area contributed by atoms with Crippen molar-refractivity contribution in [2.75, 3.05) is 62.2 Å². The number of aromatic amines is 2. The fraction of sp³-hybridized carbons (Fsp3) is 0.485. The van der Waals surface area contributed by atoms with Crippen molar-refractivity contribution in [2.45, 2.75) is 145 Å². The van der Waals surface area contributed by atoms with Crippen LogP contribution in [0.4, 0.5) is 11.6 Å². The highest BCUT2D eigenvalue weighted by Crippen LogP contribution is 2.43. The van der Waals surface area contributed by atoms with Gasteiger partial charge in [0.2, 0.25) is 0 Å². The summed E-state index contributed by atoms with van der Waals surface area (Å²) >= 11 is 3.54. The van der Waals surface area contributed by atoms with E-state index < -0.39 is 0 Å². The van der Waals surface area contributed by atoms with Crippen LogP contribution in [-0.2, 0) is 35.0 Å². The summed E-state index contributed by atoms with van der Waals surface area (Å²) in [5.74, 6) is 4.56. The van der Waals surface area contributed by atoms with Crippen LogP contribution >= 0.6 is 15.9 Å². The summed E-state index contributed by atoms with van der Waals surface area (Å²) in [5, 5.41) is 6.72. The number of rotatable bonds is 14. The monoisotopic (exact) mass is 1210 g/mol. The van der Waals surface area contributed by atoms with E-state index in [0.717, 1.165) is 143 Å². The van der Waals surface area contributed by atoms with Gasteiger partial charge >= 0.3 is 7.12 Å². The van der Waals surface area contributed by atoms with Crippen molar-refractivity contribution < 1.29 is 28.4 Å². The Morgan fingerprint density at radius 3 is 1.52 bits per heavy atom. The Hall–Kier alpha value is -6.44. The highest BCUT2D eigenvalue weighted by Gasteiger charge is 2.52. The topological polar surface area (TPSA) is 193 Å². The maximum absolute atomic E-state index is 13.4. The Kier molecular flexibility index (Phi) is 19.6. The second-order valence-corrected chi connectivity index (χ2v) is 25.7. The zero-order valence-corrected chi connectivity index (χ0v) is 52.7. The minimum absolute atomic E-state index is 0.0295. The number of fused-ring (bicyclic) bond motifs is 2. The van der Waals surface area contributed by atoms with Crippen LogP contribution in [-0.4, -0.2) is 114 Å². The SMILES string of the molecule is CC1(C)OB(c2ccc(N3CCNCC3)nc2)OC1(C)C.Cc1cc(C)c(CCC(=O)c2cc(Br)c3c(c2)CC(C(C)C)O3)c(=O)[nH]1.Cc1cc(C)c(CCC(=O)c2cc3c(c(-c4ccc(N5CCNCC5)nc4)c2)OC(C(C)C)C3)c(=O)[nH]1. The molecule has 4 aromatic heterocycles. The normalized spacial score (nSPS) is 18.5. The van der Waals surface area contributed by atoms with Crippen LogP contribution in [0.3, 0.4) is 0 Å². The Labute approximate surface area is 503 Å². The zero-order valence-electron chi connectivity index (χ0n) is 51.1. The molecule has 2 aromatic carbocycles. The number of benzene rings is 2. The first-order valence-corrected chi connectivity index (χ1v) is 30.7. The van der Waals surface area contributed by atoms with Crippen molar-refractivity contribution in [1.29, 1.82) is 0 Å². The molecule has 18 heteroatoms. The van der Waals surface area contributed by atoms with E-state index in [-0.39, 0.29) is 59.6 Å². The minimum Gasteiger partial charge on any atom is -0.489 e. The molecule has 4 N–H and O–H groups in total. The van der Waals surface area contributed by atoms with E-state index in [1.54, 1.807) is 0 Å². The first-order valence-electron chi connectivity index (χ1n) is 29.9. The smallest absolute Gasteiger partial charge is 0.489 e. The van der Waals surface area contributed by atoms with Crippen molar-refractivity contribution in [3.63, 3.8) is 0 Å². The van der Waals surface area contributed by atoms with Crippen LogP contribution in [0.5, 0.6) is 11.5 Å². The second kappa shape index (κ2) is 26.4. The van der Waals surface area contributed by atoms with Gasteiger partial charge in [-0.1, -0.05) is 33.8 Å². The number of H-pyrrole nitrogens is 2. The molecule has 3 saturated heterocycles. The number of pyridine rings is 4. The molecule has 0 radical (unpaired) electrons. The van der Waals surface area contributed by atoms with Crippen LogP contribution in [0.1, 0.15) is 134 Å². The lowest BCUT2D eigenvalue weighted by Crippen LogP contribution is -2.44. The largest absolute Gasteiger partial charge is 0.496 e. The van der Waals surface area contributed by atoms with Gasteiger partial charge in [-0.25, -0.2) is 9.97 Å². The number of ketones is 2. The highest BCUT2D eigenvalue weighted by molar-refractivity contribution is 9.10. The Bertz CT molecular complexity index is 3440. The molecule has 6 aromatic rings. The third-order valence-electron chi connectivity index (χ3n) is 17.2. The number of aryl methyl sites for hydroxylation is 4. The molecule has 0 bridgehead atoms. The quantitative estimate of drug-likeness (QED) is 0.0595. The number of nitrogens with zero attached hydrogens (tertiary/aromatic N) is 4. The van der Waals surface area contributed by atoms with Gasteiger partial charge in [0.15, 0.2) is 11.6 Å². The number of ether oxygens (including phenoxy) is 2. The Morgan fingerprint density at radius 2 is 1.08 bits per heavy atom. The number of carbonyl (C=O) groups excluding carboxylic acids is 2. The summed E-state index contributed by atoms with van der Waals surface area (Å²) in [7, 11) is -0.334. The van der Waals surface area contributed by atoms with Gasteiger partial charge in [0, 0.05) is 141 Å². The van der Waals surface area contributed by atoms with Crippen LogP contribution in [0.25, 0.3) is 11.1 Å². The number of Topliss-reactive ketones (excluding diaryl/α,β-unsaturated/α-hetero) is 2. The van der Waals surface area contributed by atoms with Gasteiger partial charge in [-0.05, 0) is 173 Å². The fourth-order valence-corrected chi connectivity index (χ4v) is 12.0. The van der Waals surface area contributed by atoms with E-state index in [1.165, 1.54) is 0 Å². The molecule has 84 heavy (non-hydrogen) atoms. The van der Waals surface area contributed by atoms with Crippen molar-refractivity contribution in [3.05, 3.63) is 154 Å². The van der Waals surface area contributed by atoms with E-state index >= 15 is 0 Å². The maximum Gasteiger partial charge on any atom is 0.496 e. The number of hydrogen-bond donors (Lipinski definition) is 4. The van der Waals surface area contributed by atoms with Crippen molar-refractivity contribution in [2.24, 2.45) is 11.8 Å². The second-order valence-electron chi connectivity index (χ2n) is 24.8. The number of halogens is 1. The van der Waals surface area contributed by atoms with Gasteiger partial charge in [-0.2, -0.15) is 0 Å². The van der Waals surface area contributed by atoms with Gasteiger partial charge in [0.1, 0.15) is 35.3 Å². The van der Waals surface area contributed by atoms with Gasteiger partial charge < -0.3 is 49.2 Å². The number of hydrogen-bond acceptors (Lipinski definition) is 14. The van der Waals surface area contributed by atoms with Crippen LogP contribution in [0.15, 0.2) is 87.1 Å². The average molecular weight is 1210 g/mol. The van der Waals surface area contributed by atoms with E-state index in [4.69, 9.17) is 23.8 Å². The first kappa shape index (κ1) is 62.1. The fourth-order valence-electron chi connectivity index (χ4n) is 11.4. The lowest BCUT2D eigenvalue weighted by Gasteiger charge is -2.32. The summed E-state index contributed by atoms with van der Waals surface area (Å²) < 4.78 is 25.3. The molecular formula is C66H84BBrN8O8. The molecule has 446 valence electrons. The molecule has 2 unspecified atom stereocenters.